The average molecular weight is 197 g/mol. The molecule has 1 unspecified atom stereocenters. The third-order valence-electron chi connectivity index (χ3n) is 2.30. The summed E-state index contributed by atoms with van der Waals surface area (Å²) in [5, 5.41) is 0. The molecule has 0 N–H and O–H groups in total. The molecule has 0 aliphatic heterocycles. The van der Waals surface area contributed by atoms with Gasteiger partial charge >= 0.3 is 5.97 Å². The number of rotatable bonds is 5. The first-order chi connectivity index (χ1) is 6.58. The number of esters is 1. The normalized spacial score (nSPS) is 13.3. The van der Waals surface area contributed by atoms with Crippen molar-refractivity contribution in [3.63, 3.8) is 0 Å². The van der Waals surface area contributed by atoms with Crippen molar-refractivity contribution < 1.29 is 9.53 Å². The molecule has 80 valence electrons. The molecule has 0 bridgehead atoms. The van der Waals surface area contributed by atoms with Gasteiger partial charge in [-0.15, -0.1) is 0 Å². The number of ether oxygens (including phenoxy) is 1. The van der Waals surface area contributed by atoms with Crippen molar-refractivity contribution >= 4 is 5.97 Å². The summed E-state index contributed by atoms with van der Waals surface area (Å²) in [5.74, 6) is -0.326. The van der Waals surface area contributed by atoms with Gasteiger partial charge in [0.05, 0.1) is 7.11 Å². The summed E-state index contributed by atoms with van der Waals surface area (Å²) in [7, 11) is 3.25. The molecule has 0 aliphatic carbocycles. The monoisotopic (exact) mass is 197 g/mol. The summed E-state index contributed by atoms with van der Waals surface area (Å²) < 4.78 is 4.68. The Kier molecular flexibility index (Phi) is 5.68. The van der Waals surface area contributed by atoms with Crippen LogP contribution in [0.2, 0.25) is 0 Å². The SMILES string of the molecule is C=C/C=C(/C(=O)OC)N(C)C(C)CC. The third kappa shape index (κ3) is 3.24. The molecule has 0 rings (SSSR count). The minimum Gasteiger partial charge on any atom is -0.464 e. The van der Waals surface area contributed by atoms with Gasteiger partial charge in [0, 0.05) is 13.1 Å². The van der Waals surface area contributed by atoms with Gasteiger partial charge in [0.15, 0.2) is 0 Å². The van der Waals surface area contributed by atoms with Crippen molar-refractivity contribution in [1.29, 1.82) is 0 Å². The predicted octanol–water partition coefficient (Wildman–Crippen LogP) is 1.96. The van der Waals surface area contributed by atoms with Gasteiger partial charge in [-0.25, -0.2) is 4.79 Å². The van der Waals surface area contributed by atoms with Crippen molar-refractivity contribution in [2.24, 2.45) is 0 Å². The molecule has 3 heteroatoms. The first-order valence-electron chi connectivity index (χ1n) is 4.72. The Hall–Kier alpha value is -1.25. The van der Waals surface area contributed by atoms with Crippen molar-refractivity contribution in [2.75, 3.05) is 14.2 Å². The van der Waals surface area contributed by atoms with E-state index in [1.54, 1.807) is 12.2 Å². The lowest BCUT2D eigenvalue weighted by atomic mass is 10.2. The number of allylic oxidation sites excluding steroid dienone is 2. The predicted molar refractivity (Wildman–Crippen MR) is 57.8 cm³/mol. The molecule has 0 fully saturated rings. The van der Waals surface area contributed by atoms with E-state index in [1.807, 2.05) is 11.9 Å². The van der Waals surface area contributed by atoms with E-state index in [2.05, 4.69) is 25.2 Å². The van der Waals surface area contributed by atoms with Crippen LogP contribution in [0.3, 0.4) is 0 Å². The maximum atomic E-state index is 11.4. The number of nitrogens with zero attached hydrogens (tertiary/aromatic N) is 1. The molecule has 0 spiro atoms. The van der Waals surface area contributed by atoms with Crippen LogP contribution in [-0.2, 0) is 9.53 Å². The van der Waals surface area contributed by atoms with Gasteiger partial charge in [-0.1, -0.05) is 19.6 Å². The summed E-state index contributed by atoms with van der Waals surface area (Å²) in [6.45, 7) is 7.70. The van der Waals surface area contributed by atoms with Gasteiger partial charge in [0.1, 0.15) is 5.70 Å². The lowest BCUT2D eigenvalue weighted by Crippen LogP contribution is -2.32. The quantitative estimate of drug-likeness (QED) is 0.383. The summed E-state index contributed by atoms with van der Waals surface area (Å²) in [4.78, 5) is 13.3. The number of hydrogen-bond donors (Lipinski definition) is 0. The van der Waals surface area contributed by atoms with E-state index in [-0.39, 0.29) is 5.97 Å². The highest BCUT2D eigenvalue weighted by atomic mass is 16.5. The van der Waals surface area contributed by atoms with Crippen LogP contribution in [0, 0.1) is 0 Å². The van der Waals surface area contributed by atoms with Gasteiger partial charge in [0.25, 0.3) is 0 Å². The molecule has 14 heavy (non-hydrogen) atoms. The highest BCUT2D eigenvalue weighted by molar-refractivity contribution is 5.88. The third-order valence-corrected chi connectivity index (χ3v) is 2.30. The molecule has 1 atom stereocenters. The molecule has 0 aromatic rings. The van der Waals surface area contributed by atoms with Gasteiger partial charge in [-0.05, 0) is 19.4 Å². The topological polar surface area (TPSA) is 29.5 Å². The van der Waals surface area contributed by atoms with Crippen LogP contribution in [0.15, 0.2) is 24.4 Å². The smallest absolute Gasteiger partial charge is 0.354 e. The van der Waals surface area contributed by atoms with E-state index in [9.17, 15) is 4.79 Å². The minimum atomic E-state index is -0.326. The van der Waals surface area contributed by atoms with E-state index in [1.165, 1.54) is 7.11 Å². The fraction of sp³-hybridized carbons (Fsp3) is 0.545. The summed E-state index contributed by atoms with van der Waals surface area (Å²) in [6, 6.07) is 0.306. The molecule has 0 saturated heterocycles. The number of carbonyl (C=O) groups is 1. The molecule has 0 saturated carbocycles. The Morgan fingerprint density at radius 2 is 2.21 bits per heavy atom. The fourth-order valence-electron chi connectivity index (χ4n) is 1.06. The first kappa shape index (κ1) is 12.8. The molecule has 0 heterocycles. The van der Waals surface area contributed by atoms with E-state index in [0.717, 1.165) is 6.42 Å². The second-order valence-electron chi connectivity index (χ2n) is 3.15. The molecule has 0 radical (unpaired) electrons. The molecule has 3 nitrogen and oxygen atoms in total. The first-order valence-corrected chi connectivity index (χ1v) is 4.72. The van der Waals surface area contributed by atoms with Crippen molar-refractivity contribution in [2.45, 2.75) is 26.3 Å². The minimum absolute atomic E-state index is 0.306. The Morgan fingerprint density at radius 3 is 2.57 bits per heavy atom. The molecule has 0 aromatic carbocycles. The van der Waals surface area contributed by atoms with Gasteiger partial charge in [-0.3, -0.25) is 0 Å². The lowest BCUT2D eigenvalue weighted by molar-refractivity contribution is -0.138. The zero-order valence-electron chi connectivity index (χ0n) is 9.41. The second kappa shape index (κ2) is 6.24. The summed E-state index contributed by atoms with van der Waals surface area (Å²) in [6.07, 6.45) is 4.23. The number of methoxy groups -OCH3 is 1. The van der Waals surface area contributed by atoms with Crippen LogP contribution in [0.25, 0.3) is 0 Å². The average Bonchev–Trinajstić information content (AvgIpc) is 2.22. The molecule has 0 aliphatic rings. The van der Waals surface area contributed by atoms with Crippen LogP contribution >= 0.6 is 0 Å². The summed E-state index contributed by atoms with van der Waals surface area (Å²) >= 11 is 0. The van der Waals surface area contributed by atoms with E-state index in [4.69, 9.17) is 0 Å². The zero-order chi connectivity index (χ0) is 11.1. The summed E-state index contributed by atoms with van der Waals surface area (Å²) in [5.41, 5.74) is 0.539. The number of likely N-dealkylation sites (N-methyl/N-ethyl adjacent to an activating group) is 1. The maximum absolute atomic E-state index is 11.4. The van der Waals surface area contributed by atoms with Crippen LogP contribution < -0.4 is 0 Å². The van der Waals surface area contributed by atoms with Crippen LogP contribution in [0.1, 0.15) is 20.3 Å². The largest absolute Gasteiger partial charge is 0.464 e. The molecular formula is C11H19NO2. The second-order valence-corrected chi connectivity index (χ2v) is 3.15. The fourth-order valence-corrected chi connectivity index (χ4v) is 1.06. The van der Waals surface area contributed by atoms with Gasteiger partial charge < -0.3 is 9.64 Å². The maximum Gasteiger partial charge on any atom is 0.354 e. The number of hydrogen-bond acceptors (Lipinski definition) is 3. The zero-order valence-corrected chi connectivity index (χ0v) is 9.41. The van der Waals surface area contributed by atoms with Gasteiger partial charge in [0.2, 0.25) is 0 Å². The van der Waals surface area contributed by atoms with E-state index < -0.39 is 0 Å². The Balaban J connectivity index is 4.74. The Bertz CT molecular complexity index is 233. The molecule has 0 aromatic heterocycles. The van der Waals surface area contributed by atoms with Crippen molar-refractivity contribution in [3.05, 3.63) is 24.4 Å². The molecule has 0 amide bonds. The Morgan fingerprint density at radius 1 is 1.64 bits per heavy atom. The van der Waals surface area contributed by atoms with E-state index in [0.29, 0.717) is 11.7 Å². The highest BCUT2D eigenvalue weighted by Gasteiger charge is 2.17. The van der Waals surface area contributed by atoms with Gasteiger partial charge in [-0.2, -0.15) is 0 Å². The van der Waals surface area contributed by atoms with Crippen LogP contribution in [0.4, 0.5) is 0 Å². The van der Waals surface area contributed by atoms with Crippen molar-refractivity contribution in [3.8, 4) is 0 Å². The number of carbonyl (C=O) groups excluding carboxylic acids is 1. The van der Waals surface area contributed by atoms with E-state index >= 15 is 0 Å². The standard InChI is InChI=1S/C11H19NO2/c1-6-8-10(11(13)14-5)12(4)9(3)7-2/h6,8-9H,1,7H2,2-5H3/b10-8-. The van der Waals surface area contributed by atoms with Crippen LogP contribution in [0.5, 0.6) is 0 Å². The molecular weight excluding hydrogens is 178 g/mol. The van der Waals surface area contributed by atoms with Crippen molar-refractivity contribution in [1.82, 2.24) is 4.90 Å². The Labute approximate surface area is 86.0 Å². The van der Waals surface area contributed by atoms with Crippen LogP contribution in [-0.4, -0.2) is 31.1 Å². The lowest BCUT2D eigenvalue weighted by Gasteiger charge is -2.26. The highest BCUT2D eigenvalue weighted by Crippen LogP contribution is 2.10.